The van der Waals surface area contributed by atoms with Crippen LogP contribution in [0.2, 0.25) is 0 Å². The molecule has 0 heterocycles. The van der Waals surface area contributed by atoms with Crippen LogP contribution < -0.4 is 0 Å². The molecule has 0 rings (SSSR count). The van der Waals surface area contributed by atoms with Gasteiger partial charge in [-0.2, -0.15) is 0 Å². The molecule has 0 amide bonds. The third-order valence-electron chi connectivity index (χ3n) is 0.600. The van der Waals surface area contributed by atoms with Gasteiger partial charge >= 0.3 is 6.72 Å². The van der Waals surface area contributed by atoms with Gasteiger partial charge in [-0.3, -0.25) is 4.52 Å². The maximum atomic E-state index is 12.2. The van der Waals surface area contributed by atoms with Crippen LogP contribution in [0.4, 0.5) is 4.39 Å². The van der Waals surface area contributed by atoms with E-state index in [-0.39, 0.29) is 5.88 Å². The largest absolute Gasteiger partial charge is 0.326 e. The quantitative estimate of drug-likeness (QED) is 0.560. The highest BCUT2D eigenvalue weighted by atomic mass is 35.5. The summed E-state index contributed by atoms with van der Waals surface area (Å²) in [4.78, 5) is 8.81. The van der Waals surface area contributed by atoms with Gasteiger partial charge in [-0.05, 0) is 11.8 Å². The Morgan fingerprint density at radius 1 is 1.90 bits per heavy atom. The molecule has 7 heteroatoms. The van der Waals surface area contributed by atoms with Crippen LogP contribution in [0.1, 0.15) is 0 Å². The molecule has 2 unspecified atom stereocenters. The highest BCUT2D eigenvalue weighted by Crippen LogP contribution is 2.44. The van der Waals surface area contributed by atoms with Gasteiger partial charge in [0.2, 0.25) is 6.36 Å². The summed E-state index contributed by atoms with van der Waals surface area (Å²) in [5.41, 5.74) is 0. The van der Waals surface area contributed by atoms with Gasteiger partial charge in [0.05, 0.1) is 5.88 Å². The van der Waals surface area contributed by atoms with Crippen molar-refractivity contribution in [3.05, 3.63) is 0 Å². The van der Waals surface area contributed by atoms with Crippen molar-refractivity contribution in [1.82, 2.24) is 0 Å². The summed E-state index contributed by atoms with van der Waals surface area (Å²) < 4.78 is 20.6. The summed E-state index contributed by atoms with van der Waals surface area (Å²) >= 11 is 9.33. The van der Waals surface area contributed by atoms with E-state index in [1.54, 1.807) is 0 Å². The van der Waals surface area contributed by atoms with Crippen molar-refractivity contribution < 1.29 is 18.3 Å². The first-order valence-corrected chi connectivity index (χ1v) is 5.41. The van der Waals surface area contributed by atoms with Crippen molar-refractivity contribution in [3.8, 4) is 0 Å². The molecule has 62 valence electrons. The number of hydrogen-bond donors (Lipinski definition) is 1. The molecule has 0 aliphatic heterocycles. The van der Waals surface area contributed by atoms with Gasteiger partial charge in [0.25, 0.3) is 0 Å². The molecule has 0 bridgehead atoms. The average Bonchev–Trinajstić information content (AvgIpc) is 1.87. The summed E-state index contributed by atoms with van der Waals surface area (Å²) in [5, 5.41) is 0. The number of rotatable bonds is 4. The highest BCUT2D eigenvalue weighted by molar-refractivity contribution is 8.07. The van der Waals surface area contributed by atoms with E-state index in [9.17, 15) is 4.39 Å². The Labute approximate surface area is 68.3 Å². The first-order valence-electron chi connectivity index (χ1n) is 2.29. The van der Waals surface area contributed by atoms with Crippen molar-refractivity contribution in [1.29, 1.82) is 0 Å². The molecule has 0 spiro atoms. The summed E-state index contributed by atoms with van der Waals surface area (Å²) in [6.45, 7) is -3.37. The van der Waals surface area contributed by atoms with Crippen molar-refractivity contribution in [2.45, 2.75) is 6.36 Å². The van der Waals surface area contributed by atoms with Crippen LogP contribution in [0, 0.1) is 0 Å². The fraction of sp³-hybridized carbons (Fsp3) is 1.00. The van der Waals surface area contributed by atoms with E-state index >= 15 is 0 Å². The number of alkyl halides is 2. The second kappa shape index (κ2) is 4.59. The molecule has 0 saturated heterocycles. The molecule has 0 aromatic heterocycles. The third kappa shape index (κ3) is 4.55. The normalized spacial score (nSPS) is 20.0. The summed E-state index contributed by atoms with van der Waals surface area (Å²) in [5.74, 6) is -0.373. The van der Waals surface area contributed by atoms with E-state index in [0.29, 0.717) is 0 Å². The fourth-order valence-corrected chi connectivity index (χ4v) is 1.10. The van der Waals surface area contributed by atoms with Crippen LogP contribution >= 0.6 is 18.3 Å². The zero-order valence-corrected chi connectivity index (χ0v) is 7.63. The molecule has 0 radical (unpaired) electrons. The lowest BCUT2D eigenvalue weighted by molar-refractivity contribution is 0.0672. The van der Waals surface area contributed by atoms with Crippen LogP contribution in [0.5, 0.6) is 0 Å². The molecule has 0 aliphatic rings. The van der Waals surface area contributed by atoms with E-state index in [4.69, 9.17) is 16.5 Å². The monoisotopic (exact) mass is 208 g/mol. The third-order valence-corrected chi connectivity index (χ3v) is 2.50. The minimum Gasteiger partial charge on any atom is -0.324 e. The van der Waals surface area contributed by atoms with Crippen molar-refractivity contribution >= 4 is 30.1 Å². The molecule has 0 aromatic rings. The topological polar surface area (TPSA) is 38.7 Å². The number of hydrogen-bond acceptors (Lipinski definition) is 3. The Hall–Kier alpha value is 0.750. The minimum absolute atomic E-state index is 0.373. The SMILES string of the molecule is COP(O)(=S)OC(F)CCl. The van der Waals surface area contributed by atoms with Gasteiger partial charge in [-0.25, -0.2) is 4.39 Å². The molecule has 0 saturated carbocycles. The lowest BCUT2D eigenvalue weighted by Crippen LogP contribution is -2.06. The first-order chi connectivity index (χ1) is 4.52. The minimum atomic E-state index is -3.37. The van der Waals surface area contributed by atoms with Gasteiger partial charge in [0.15, 0.2) is 0 Å². The standard InChI is InChI=1S/C3H7ClFO3PS/c1-7-9(6,10)8-3(5)2-4/h3H,2H2,1H3,(H,6,10). The van der Waals surface area contributed by atoms with Gasteiger partial charge in [0.1, 0.15) is 0 Å². The van der Waals surface area contributed by atoms with Gasteiger partial charge in [0, 0.05) is 7.11 Å². The van der Waals surface area contributed by atoms with Crippen molar-refractivity contribution in [3.63, 3.8) is 0 Å². The van der Waals surface area contributed by atoms with E-state index in [0.717, 1.165) is 7.11 Å². The van der Waals surface area contributed by atoms with E-state index < -0.39 is 13.1 Å². The van der Waals surface area contributed by atoms with E-state index in [1.165, 1.54) is 0 Å². The smallest absolute Gasteiger partial charge is 0.324 e. The Morgan fingerprint density at radius 2 is 2.40 bits per heavy atom. The Bertz CT molecular complexity index is 146. The molecule has 10 heavy (non-hydrogen) atoms. The second-order valence-electron chi connectivity index (χ2n) is 1.32. The molecule has 0 aliphatic carbocycles. The molecule has 0 fully saturated rings. The van der Waals surface area contributed by atoms with Gasteiger partial charge < -0.3 is 9.42 Å². The summed E-state index contributed by atoms with van der Waals surface area (Å²) in [6, 6.07) is 0. The molecular weight excluding hydrogens is 202 g/mol. The number of halogens is 2. The lowest BCUT2D eigenvalue weighted by Gasteiger charge is -2.13. The maximum absolute atomic E-state index is 12.2. The maximum Gasteiger partial charge on any atom is 0.326 e. The van der Waals surface area contributed by atoms with Crippen LogP contribution in [-0.2, 0) is 20.9 Å². The van der Waals surface area contributed by atoms with Crippen LogP contribution in [0.15, 0.2) is 0 Å². The van der Waals surface area contributed by atoms with Crippen LogP contribution in [0.3, 0.4) is 0 Å². The summed E-state index contributed by atoms with van der Waals surface area (Å²) in [7, 11) is 1.14. The predicted octanol–water partition coefficient (Wildman–Crippen LogP) is 1.40. The van der Waals surface area contributed by atoms with Crippen molar-refractivity contribution in [2.24, 2.45) is 0 Å². The zero-order chi connectivity index (χ0) is 8.20. The summed E-state index contributed by atoms with van der Waals surface area (Å²) in [6.07, 6.45) is -1.77. The molecule has 3 nitrogen and oxygen atoms in total. The molecule has 2 atom stereocenters. The van der Waals surface area contributed by atoms with Gasteiger partial charge in [-0.1, -0.05) is 0 Å². The van der Waals surface area contributed by atoms with Crippen LogP contribution in [0.25, 0.3) is 0 Å². The lowest BCUT2D eigenvalue weighted by atomic mass is 10.8. The molecule has 1 N–H and O–H groups in total. The van der Waals surface area contributed by atoms with Crippen molar-refractivity contribution in [2.75, 3.05) is 13.0 Å². The fourth-order valence-electron chi connectivity index (χ4n) is 0.216. The zero-order valence-electron chi connectivity index (χ0n) is 5.16. The van der Waals surface area contributed by atoms with E-state index in [1.807, 2.05) is 0 Å². The van der Waals surface area contributed by atoms with E-state index in [2.05, 4.69) is 20.9 Å². The average molecular weight is 209 g/mol. The van der Waals surface area contributed by atoms with Crippen LogP contribution in [-0.4, -0.2) is 24.2 Å². The Balaban J connectivity index is 3.77. The second-order valence-corrected chi connectivity index (χ2v) is 4.53. The highest BCUT2D eigenvalue weighted by Gasteiger charge is 2.18. The predicted molar refractivity (Wildman–Crippen MR) is 40.2 cm³/mol. The first kappa shape index (κ1) is 10.8. The molecule has 0 aromatic carbocycles. The Kier molecular flexibility index (Phi) is 4.94. The van der Waals surface area contributed by atoms with Gasteiger partial charge in [-0.15, -0.1) is 11.6 Å². The molecular formula is C3H7ClFO3PS. The Morgan fingerprint density at radius 3 is 2.70 bits per heavy atom.